The van der Waals surface area contributed by atoms with E-state index in [0.717, 1.165) is 22.1 Å². The Kier molecular flexibility index (Phi) is 5.82. The first-order chi connectivity index (χ1) is 13.2. The third-order valence-corrected chi connectivity index (χ3v) is 6.25. The van der Waals surface area contributed by atoms with E-state index in [2.05, 4.69) is 14.5 Å². The SMILES string of the molecule is Cc1ccc(C=CS(=O)(=O)NCCS(=O)(=O)Nc2ccn3nccc3c2)cc1. The number of fused-ring (bicyclic) bond motifs is 1. The van der Waals surface area contributed by atoms with Crippen molar-refractivity contribution in [3.8, 4) is 0 Å². The summed E-state index contributed by atoms with van der Waals surface area (Å²) in [7, 11) is -7.45. The van der Waals surface area contributed by atoms with E-state index in [0.29, 0.717) is 5.69 Å². The van der Waals surface area contributed by atoms with Gasteiger partial charge in [-0.1, -0.05) is 29.8 Å². The fourth-order valence-electron chi connectivity index (χ4n) is 2.43. The zero-order valence-electron chi connectivity index (χ0n) is 15.1. The largest absolute Gasteiger partial charge is 0.283 e. The summed E-state index contributed by atoms with van der Waals surface area (Å²) < 4.78 is 54.7. The van der Waals surface area contributed by atoms with Gasteiger partial charge in [0, 0.05) is 24.3 Å². The fraction of sp³-hybridized carbons (Fsp3) is 0.167. The summed E-state index contributed by atoms with van der Waals surface area (Å²) in [6.07, 6.45) is 4.69. The quantitative estimate of drug-likeness (QED) is 0.579. The molecular formula is C18H20N4O4S2. The van der Waals surface area contributed by atoms with Gasteiger partial charge in [-0.3, -0.25) is 4.72 Å². The van der Waals surface area contributed by atoms with Crippen LogP contribution >= 0.6 is 0 Å². The van der Waals surface area contributed by atoms with Crippen molar-refractivity contribution in [1.82, 2.24) is 14.3 Å². The maximum absolute atomic E-state index is 12.2. The number of benzene rings is 1. The summed E-state index contributed by atoms with van der Waals surface area (Å²) in [5.74, 6) is -0.394. The second-order valence-electron chi connectivity index (χ2n) is 6.19. The van der Waals surface area contributed by atoms with Crippen molar-refractivity contribution < 1.29 is 16.8 Å². The van der Waals surface area contributed by atoms with E-state index in [1.54, 1.807) is 47.2 Å². The molecule has 0 aliphatic heterocycles. The van der Waals surface area contributed by atoms with Crippen molar-refractivity contribution in [2.24, 2.45) is 0 Å². The van der Waals surface area contributed by atoms with Crippen LogP contribution in [0.5, 0.6) is 0 Å². The van der Waals surface area contributed by atoms with E-state index < -0.39 is 25.8 Å². The average molecular weight is 421 g/mol. The molecule has 1 aromatic carbocycles. The number of aromatic nitrogens is 2. The number of pyridine rings is 1. The van der Waals surface area contributed by atoms with Gasteiger partial charge in [0.15, 0.2) is 0 Å². The number of nitrogens with one attached hydrogen (secondary N) is 2. The van der Waals surface area contributed by atoms with Crippen LogP contribution in [0.3, 0.4) is 0 Å². The van der Waals surface area contributed by atoms with E-state index in [4.69, 9.17) is 0 Å². The Hall–Kier alpha value is -2.69. The summed E-state index contributed by atoms with van der Waals surface area (Å²) >= 11 is 0. The molecule has 0 unspecified atom stereocenters. The van der Waals surface area contributed by atoms with Crippen LogP contribution in [0, 0.1) is 6.92 Å². The maximum atomic E-state index is 12.2. The standard InChI is InChI=1S/C18H20N4O4S2/c1-15-2-4-16(5-3-15)8-12-27(23,24)20-10-13-28(25,26)21-17-7-11-22-18(14-17)6-9-19-22/h2-9,11-12,14,20-21H,10,13H2,1H3. The molecule has 0 fully saturated rings. The summed E-state index contributed by atoms with van der Waals surface area (Å²) in [5.41, 5.74) is 2.93. The zero-order valence-corrected chi connectivity index (χ0v) is 16.7. The fourth-order valence-corrected chi connectivity index (χ4v) is 4.34. The molecular weight excluding hydrogens is 400 g/mol. The monoisotopic (exact) mass is 420 g/mol. The first-order valence-electron chi connectivity index (χ1n) is 8.41. The number of nitrogens with zero attached hydrogens (tertiary/aromatic N) is 2. The third kappa shape index (κ3) is 5.65. The second-order valence-corrected chi connectivity index (χ2v) is 9.68. The number of rotatable bonds is 8. The van der Waals surface area contributed by atoms with E-state index in [1.165, 1.54) is 6.08 Å². The molecule has 3 aromatic rings. The van der Waals surface area contributed by atoms with E-state index >= 15 is 0 Å². The van der Waals surface area contributed by atoms with Gasteiger partial charge in [-0.05, 0) is 36.8 Å². The molecule has 28 heavy (non-hydrogen) atoms. The first-order valence-corrected chi connectivity index (χ1v) is 11.6. The number of hydrogen-bond donors (Lipinski definition) is 2. The van der Waals surface area contributed by atoms with Gasteiger partial charge in [-0.25, -0.2) is 26.1 Å². The summed E-state index contributed by atoms with van der Waals surface area (Å²) in [4.78, 5) is 0. The van der Waals surface area contributed by atoms with E-state index in [9.17, 15) is 16.8 Å². The summed E-state index contributed by atoms with van der Waals surface area (Å²) in [6, 6.07) is 12.3. The molecule has 2 aromatic heterocycles. The molecule has 2 N–H and O–H groups in total. The van der Waals surface area contributed by atoms with Gasteiger partial charge in [0.2, 0.25) is 20.0 Å². The second kappa shape index (κ2) is 8.13. The highest BCUT2D eigenvalue weighted by Gasteiger charge is 2.13. The Balaban J connectivity index is 1.55. The molecule has 2 heterocycles. The molecule has 148 valence electrons. The van der Waals surface area contributed by atoms with Gasteiger partial charge in [-0.2, -0.15) is 5.10 Å². The molecule has 0 aliphatic carbocycles. The maximum Gasteiger partial charge on any atom is 0.234 e. The minimum absolute atomic E-state index is 0.245. The minimum Gasteiger partial charge on any atom is -0.283 e. The van der Waals surface area contributed by atoms with E-state index in [1.807, 2.05) is 19.1 Å². The topological polar surface area (TPSA) is 110 Å². The molecule has 10 heteroatoms. The van der Waals surface area contributed by atoms with Crippen LogP contribution in [0.25, 0.3) is 11.6 Å². The molecule has 8 nitrogen and oxygen atoms in total. The van der Waals surface area contributed by atoms with Gasteiger partial charge < -0.3 is 0 Å². The van der Waals surface area contributed by atoms with Gasteiger partial charge in [-0.15, -0.1) is 0 Å². The normalized spacial score (nSPS) is 12.6. The van der Waals surface area contributed by atoms with Crippen LogP contribution in [-0.2, 0) is 20.0 Å². The molecule has 0 saturated heterocycles. The lowest BCUT2D eigenvalue weighted by Gasteiger charge is -2.08. The number of sulfonamides is 2. The average Bonchev–Trinajstić information content (AvgIpc) is 3.08. The molecule has 0 amide bonds. The lowest BCUT2D eigenvalue weighted by atomic mass is 10.2. The van der Waals surface area contributed by atoms with Gasteiger partial charge >= 0.3 is 0 Å². The van der Waals surface area contributed by atoms with Crippen molar-refractivity contribution >= 4 is 37.3 Å². The Bertz CT molecular complexity index is 1200. The van der Waals surface area contributed by atoms with Crippen molar-refractivity contribution in [3.05, 3.63) is 71.4 Å². The molecule has 3 rings (SSSR count). The Morgan fingerprint density at radius 2 is 1.82 bits per heavy atom. The van der Waals surface area contributed by atoms with Crippen LogP contribution in [0.15, 0.2) is 60.3 Å². The molecule has 0 aliphatic rings. The predicted molar refractivity (Wildman–Crippen MR) is 110 cm³/mol. The Labute approximate surface area is 164 Å². The third-order valence-electron chi connectivity index (χ3n) is 3.86. The Morgan fingerprint density at radius 1 is 1.07 bits per heavy atom. The number of anilines is 1. The van der Waals surface area contributed by atoms with Crippen LogP contribution in [0.4, 0.5) is 5.69 Å². The van der Waals surface area contributed by atoms with Gasteiger partial charge in [0.05, 0.1) is 17.0 Å². The van der Waals surface area contributed by atoms with E-state index in [-0.39, 0.29) is 6.54 Å². The van der Waals surface area contributed by atoms with Gasteiger partial charge in [0.1, 0.15) is 0 Å². The van der Waals surface area contributed by atoms with Crippen molar-refractivity contribution in [2.45, 2.75) is 6.92 Å². The number of aryl methyl sites for hydroxylation is 1. The highest BCUT2D eigenvalue weighted by Crippen LogP contribution is 2.13. The molecule has 0 saturated carbocycles. The highest BCUT2D eigenvalue weighted by atomic mass is 32.2. The van der Waals surface area contributed by atoms with Crippen LogP contribution in [-0.4, -0.2) is 38.7 Å². The summed E-state index contributed by atoms with van der Waals surface area (Å²) in [6.45, 7) is 1.69. The molecule has 0 bridgehead atoms. The van der Waals surface area contributed by atoms with Crippen molar-refractivity contribution in [3.63, 3.8) is 0 Å². The summed E-state index contributed by atoms with van der Waals surface area (Å²) in [5, 5.41) is 5.05. The molecule has 0 spiro atoms. The van der Waals surface area contributed by atoms with Crippen molar-refractivity contribution in [2.75, 3.05) is 17.0 Å². The van der Waals surface area contributed by atoms with Crippen LogP contribution in [0.2, 0.25) is 0 Å². The smallest absolute Gasteiger partial charge is 0.234 e. The molecule has 0 radical (unpaired) electrons. The van der Waals surface area contributed by atoms with Crippen LogP contribution < -0.4 is 9.44 Å². The van der Waals surface area contributed by atoms with Crippen LogP contribution in [0.1, 0.15) is 11.1 Å². The van der Waals surface area contributed by atoms with Gasteiger partial charge in [0.25, 0.3) is 0 Å². The lowest BCUT2D eigenvalue weighted by Crippen LogP contribution is -2.30. The molecule has 0 atom stereocenters. The highest BCUT2D eigenvalue weighted by molar-refractivity contribution is 7.93. The number of hydrogen-bond acceptors (Lipinski definition) is 5. The van der Waals surface area contributed by atoms with Crippen molar-refractivity contribution in [1.29, 1.82) is 0 Å². The predicted octanol–water partition coefficient (Wildman–Crippen LogP) is 1.97. The zero-order chi connectivity index (χ0) is 20.2. The first kappa shape index (κ1) is 20.1. The minimum atomic E-state index is -3.74. The Morgan fingerprint density at radius 3 is 2.57 bits per heavy atom. The lowest BCUT2D eigenvalue weighted by molar-refractivity contribution is 0.589.